The van der Waals surface area contributed by atoms with E-state index in [1.54, 1.807) is 11.9 Å². The fourth-order valence-corrected chi connectivity index (χ4v) is 2.80. The van der Waals surface area contributed by atoms with Gasteiger partial charge in [0.1, 0.15) is 6.54 Å². The molecular formula is C14H26N2O3. The van der Waals surface area contributed by atoms with Crippen LogP contribution in [0.2, 0.25) is 0 Å². The van der Waals surface area contributed by atoms with Crippen LogP contribution in [0.15, 0.2) is 0 Å². The molecule has 0 atom stereocenters. The van der Waals surface area contributed by atoms with E-state index in [1.807, 2.05) is 6.92 Å². The highest BCUT2D eigenvalue weighted by atomic mass is 16.4. The average Bonchev–Trinajstić information content (AvgIpc) is 2.43. The van der Waals surface area contributed by atoms with Crippen molar-refractivity contribution in [1.82, 2.24) is 9.80 Å². The first-order chi connectivity index (χ1) is 8.99. The van der Waals surface area contributed by atoms with Gasteiger partial charge in [-0.25, -0.2) is 4.79 Å². The van der Waals surface area contributed by atoms with Gasteiger partial charge in [-0.15, -0.1) is 0 Å². The maximum absolute atomic E-state index is 12.2. The molecule has 0 saturated heterocycles. The van der Waals surface area contributed by atoms with E-state index in [9.17, 15) is 9.59 Å². The van der Waals surface area contributed by atoms with E-state index >= 15 is 0 Å². The summed E-state index contributed by atoms with van der Waals surface area (Å²) in [6.45, 7) is 4.23. The number of carboxylic acid groups (broad SMARTS) is 1. The molecule has 1 N–H and O–H groups in total. The van der Waals surface area contributed by atoms with E-state index in [1.165, 1.54) is 24.2 Å². The minimum atomic E-state index is -0.960. The van der Waals surface area contributed by atoms with Crippen molar-refractivity contribution in [2.45, 2.75) is 52.0 Å². The summed E-state index contributed by atoms with van der Waals surface area (Å²) in [5, 5.41) is 8.81. The number of carbonyl (C=O) groups is 2. The molecule has 0 aromatic heterocycles. The van der Waals surface area contributed by atoms with Crippen molar-refractivity contribution in [2.24, 2.45) is 5.92 Å². The second kappa shape index (κ2) is 7.36. The summed E-state index contributed by atoms with van der Waals surface area (Å²) < 4.78 is 0. The van der Waals surface area contributed by atoms with Gasteiger partial charge in [-0.05, 0) is 38.5 Å². The molecular weight excluding hydrogens is 244 g/mol. The summed E-state index contributed by atoms with van der Waals surface area (Å²) in [6.07, 6.45) is 5.62. The molecule has 5 nitrogen and oxygen atoms in total. The van der Waals surface area contributed by atoms with Crippen LogP contribution in [-0.2, 0) is 4.79 Å². The Morgan fingerprint density at radius 1 is 1.16 bits per heavy atom. The number of urea groups is 1. The van der Waals surface area contributed by atoms with E-state index in [4.69, 9.17) is 5.11 Å². The van der Waals surface area contributed by atoms with Crippen molar-refractivity contribution in [1.29, 1.82) is 0 Å². The van der Waals surface area contributed by atoms with Gasteiger partial charge in [-0.1, -0.05) is 13.3 Å². The average molecular weight is 270 g/mol. The first-order valence-corrected chi connectivity index (χ1v) is 7.23. The van der Waals surface area contributed by atoms with Crippen molar-refractivity contribution in [2.75, 3.05) is 20.1 Å². The van der Waals surface area contributed by atoms with E-state index in [0.717, 1.165) is 18.8 Å². The lowest BCUT2D eigenvalue weighted by Crippen LogP contribution is -2.48. The molecule has 0 aromatic carbocycles. The number of aliphatic carboxylic acids is 1. The molecule has 19 heavy (non-hydrogen) atoms. The predicted octanol–water partition coefficient (Wildman–Crippen LogP) is 2.41. The molecule has 1 fully saturated rings. The van der Waals surface area contributed by atoms with Crippen molar-refractivity contribution >= 4 is 12.0 Å². The predicted molar refractivity (Wildman–Crippen MR) is 74.1 cm³/mol. The van der Waals surface area contributed by atoms with Gasteiger partial charge in [-0.2, -0.15) is 0 Å². The van der Waals surface area contributed by atoms with E-state index in [0.29, 0.717) is 6.54 Å². The highest BCUT2D eigenvalue weighted by Gasteiger charge is 2.28. The van der Waals surface area contributed by atoms with Gasteiger partial charge in [0.05, 0.1) is 0 Å². The first kappa shape index (κ1) is 15.8. The van der Waals surface area contributed by atoms with Gasteiger partial charge in [0.15, 0.2) is 0 Å². The third kappa shape index (κ3) is 4.40. The minimum Gasteiger partial charge on any atom is -0.480 e. The summed E-state index contributed by atoms with van der Waals surface area (Å²) in [7, 11) is 1.80. The zero-order chi connectivity index (χ0) is 14.4. The Kier molecular flexibility index (Phi) is 6.12. The standard InChI is InChI=1S/C14H26N2O3/c1-4-11-6-8-12(9-7-11)15(3)14(19)16(5-2)10-13(17)18/h11-12H,4-10H2,1-3H3,(H,17,18). The molecule has 0 aromatic rings. The minimum absolute atomic E-state index is 0.162. The first-order valence-electron chi connectivity index (χ1n) is 7.23. The maximum atomic E-state index is 12.2. The largest absolute Gasteiger partial charge is 0.480 e. The number of amides is 2. The number of carbonyl (C=O) groups excluding carboxylic acids is 1. The maximum Gasteiger partial charge on any atom is 0.323 e. The fraction of sp³-hybridized carbons (Fsp3) is 0.857. The molecule has 0 spiro atoms. The molecule has 1 saturated carbocycles. The zero-order valence-electron chi connectivity index (χ0n) is 12.3. The van der Waals surface area contributed by atoms with Gasteiger partial charge in [0.2, 0.25) is 0 Å². The Balaban J connectivity index is 2.54. The number of hydrogen-bond acceptors (Lipinski definition) is 2. The molecule has 0 bridgehead atoms. The highest BCUT2D eigenvalue weighted by Crippen LogP contribution is 2.29. The second-order valence-corrected chi connectivity index (χ2v) is 5.38. The number of hydrogen-bond donors (Lipinski definition) is 1. The van der Waals surface area contributed by atoms with Gasteiger partial charge in [0, 0.05) is 19.6 Å². The molecule has 110 valence electrons. The van der Waals surface area contributed by atoms with E-state index in [-0.39, 0.29) is 18.6 Å². The summed E-state index contributed by atoms with van der Waals surface area (Å²) in [6, 6.07) is 0.1000. The number of nitrogens with zero attached hydrogens (tertiary/aromatic N) is 2. The van der Waals surface area contributed by atoms with Gasteiger partial charge < -0.3 is 14.9 Å². The molecule has 0 aliphatic heterocycles. The molecule has 1 rings (SSSR count). The Labute approximate surface area is 115 Å². The van der Waals surface area contributed by atoms with Crippen LogP contribution in [0.4, 0.5) is 4.79 Å². The number of likely N-dealkylation sites (N-methyl/N-ethyl adjacent to an activating group) is 1. The van der Waals surface area contributed by atoms with Crippen LogP contribution in [0.25, 0.3) is 0 Å². The van der Waals surface area contributed by atoms with Crippen molar-refractivity contribution in [3.05, 3.63) is 0 Å². The molecule has 2 amide bonds. The van der Waals surface area contributed by atoms with Crippen molar-refractivity contribution in [3.63, 3.8) is 0 Å². The molecule has 0 heterocycles. The lowest BCUT2D eigenvalue weighted by atomic mass is 9.84. The Morgan fingerprint density at radius 2 is 1.74 bits per heavy atom. The zero-order valence-corrected chi connectivity index (χ0v) is 12.3. The van der Waals surface area contributed by atoms with Crippen molar-refractivity contribution in [3.8, 4) is 0 Å². The normalized spacial score (nSPS) is 22.9. The van der Waals surface area contributed by atoms with Crippen LogP contribution in [0.3, 0.4) is 0 Å². The molecule has 1 aliphatic carbocycles. The van der Waals surface area contributed by atoms with E-state index in [2.05, 4.69) is 6.92 Å². The third-order valence-electron chi connectivity index (χ3n) is 4.22. The van der Waals surface area contributed by atoms with Gasteiger partial charge >= 0.3 is 12.0 Å². The number of rotatable bonds is 5. The van der Waals surface area contributed by atoms with Crippen LogP contribution in [0.1, 0.15) is 46.0 Å². The Hall–Kier alpha value is -1.26. The van der Waals surface area contributed by atoms with Gasteiger partial charge in [-0.3, -0.25) is 4.79 Å². The summed E-state index contributed by atoms with van der Waals surface area (Å²) in [5.41, 5.74) is 0. The van der Waals surface area contributed by atoms with Crippen LogP contribution in [0.5, 0.6) is 0 Å². The summed E-state index contributed by atoms with van der Waals surface area (Å²) >= 11 is 0. The van der Waals surface area contributed by atoms with Crippen LogP contribution in [0, 0.1) is 5.92 Å². The van der Waals surface area contributed by atoms with E-state index < -0.39 is 5.97 Å². The molecule has 0 radical (unpaired) electrons. The quantitative estimate of drug-likeness (QED) is 0.834. The Bertz CT molecular complexity index is 312. The summed E-state index contributed by atoms with van der Waals surface area (Å²) in [5.74, 6) is -0.167. The molecule has 1 aliphatic rings. The van der Waals surface area contributed by atoms with Crippen LogP contribution < -0.4 is 0 Å². The molecule has 0 unspecified atom stereocenters. The Morgan fingerprint density at radius 3 is 2.16 bits per heavy atom. The monoisotopic (exact) mass is 270 g/mol. The van der Waals surface area contributed by atoms with Crippen LogP contribution in [-0.4, -0.2) is 53.1 Å². The lowest BCUT2D eigenvalue weighted by Gasteiger charge is -2.36. The topological polar surface area (TPSA) is 60.9 Å². The number of carboxylic acids is 1. The SMILES string of the molecule is CCC1CCC(N(C)C(=O)N(CC)CC(=O)O)CC1. The summed E-state index contributed by atoms with van der Waals surface area (Å²) in [4.78, 5) is 26.1. The van der Waals surface area contributed by atoms with Gasteiger partial charge in [0.25, 0.3) is 0 Å². The highest BCUT2D eigenvalue weighted by molar-refractivity contribution is 5.80. The smallest absolute Gasteiger partial charge is 0.323 e. The van der Waals surface area contributed by atoms with Crippen LogP contribution >= 0.6 is 0 Å². The third-order valence-corrected chi connectivity index (χ3v) is 4.22. The molecule has 5 heteroatoms. The second-order valence-electron chi connectivity index (χ2n) is 5.38. The lowest BCUT2D eigenvalue weighted by molar-refractivity contribution is -0.137. The van der Waals surface area contributed by atoms with Crippen molar-refractivity contribution < 1.29 is 14.7 Å². The fourth-order valence-electron chi connectivity index (χ4n) is 2.80.